The number of amides is 1. The lowest BCUT2D eigenvalue weighted by molar-refractivity contribution is -0.113. The second-order valence-electron chi connectivity index (χ2n) is 4.52. The van der Waals surface area contributed by atoms with Crippen molar-refractivity contribution in [2.24, 2.45) is 5.73 Å². The summed E-state index contributed by atoms with van der Waals surface area (Å²) in [6.45, 7) is 20.5. The largest absolute Gasteiger partial charge is 0.370 e. The van der Waals surface area contributed by atoms with Gasteiger partial charge in [0, 0.05) is 26.2 Å². The molecule has 0 saturated carbocycles. The van der Waals surface area contributed by atoms with Crippen LogP contribution in [0, 0.1) is 22.7 Å². The summed E-state index contributed by atoms with van der Waals surface area (Å²) in [6, 6.07) is 3.56. The van der Waals surface area contributed by atoms with Crippen molar-refractivity contribution >= 4 is 17.8 Å². The zero-order chi connectivity index (χ0) is 23.3. The standard InChI is InChI=1S/C12H13N3.C6H11N.C3H5NO.ClHO/c1-3-7-15(8-4-2)9-5-6-12(10-13)11-14;1-3-5-7-6-4-2;1-2-3(4)5;1-2/h3-6,9H,1-2,7-8H2;3-4,7H,1-2,5-6H2;2H,1H2,(H2,4,5);2H. The molecule has 0 fully saturated rings. The molecular weight excluding hydrogens is 390 g/mol. The average molecular weight is 420 g/mol. The smallest absolute Gasteiger partial charge is 0.240 e. The maximum atomic E-state index is 9.47. The Morgan fingerprint density at radius 3 is 1.69 bits per heavy atom. The van der Waals surface area contributed by atoms with Gasteiger partial charge in [0.1, 0.15) is 17.7 Å². The number of primary amides is 1. The van der Waals surface area contributed by atoms with Gasteiger partial charge in [0.2, 0.25) is 5.91 Å². The fourth-order valence-electron chi connectivity index (χ4n) is 1.18. The maximum Gasteiger partial charge on any atom is 0.240 e. The lowest BCUT2D eigenvalue weighted by atomic mass is 10.3. The van der Waals surface area contributed by atoms with Crippen molar-refractivity contribution in [3.63, 3.8) is 0 Å². The molecule has 0 radical (unpaired) electrons. The van der Waals surface area contributed by atoms with Crippen molar-refractivity contribution in [1.29, 1.82) is 10.5 Å². The zero-order valence-corrected chi connectivity index (χ0v) is 17.4. The van der Waals surface area contributed by atoms with E-state index in [0.717, 1.165) is 19.2 Å². The molecule has 4 N–H and O–H groups in total. The quantitative estimate of drug-likeness (QED) is 0.155. The summed E-state index contributed by atoms with van der Waals surface area (Å²) in [7, 11) is 0. The molecule has 0 bridgehead atoms. The van der Waals surface area contributed by atoms with E-state index in [0.29, 0.717) is 13.1 Å². The number of nitriles is 2. The molecule has 158 valence electrons. The Balaban J connectivity index is -0.000000185. The zero-order valence-electron chi connectivity index (χ0n) is 16.6. The number of nitrogens with one attached hydrogen (secondary N) is 1. The van der Waals surface area contributed by atoms with Crippen molar-refractivity contribution in [3.8, 4) is 12.1 Å². The number of carbonyl (C=O) groups excluding carboxylic acids is 1. The van der Waals surface area contributed by atoms with Gasteiger partial charge in [-0.15, -0.1) is 26.3 Å². The topological polar surface area (TPSA) is 126 Å². The minimum absolute atomic E-state index is 0.0865. The van der Waals surface area contributed by atoms with Gasteiger partial charge in [0.25, 0.3) is 0 Å². The van der Waals surface area contributed by atoms with E-state index < -0.39 is 5.91 Å². The Kier molecular flexibility index (Phi) is 37.1. The molecule has 8 heteroatoms. The first kappa shape index (κ1) is 33.2. The molecule has 0 saturated heterocycles. The Morgan fingerprint density at radius 1 is 1.00 bits per heavy atom. The van der Waals surface area contributed by atoms with E-state index in [4.69, 9.17) is 15.2 Å². The Hall–Kier alpha value is -3.36. The number of allylic oxidation sites excluding steroid dienone is 3. The molecule has 7 nitrogen and oxygen atoms in total. The number of rotatable bonds is 11. The molecule has 0 spiro atoms. The maximum absolute atomic E-state index is 9.47. The minimum atomic E-state index is -0.481. The van der Waals surface area contributed by atoms with Crippen LogP contribution in [0.2, 0.25) is 0 Å². The van der Waals surface area contributed by atoms with Gasteiger partial charge in [-0.2, -0.15) is 10.5 Å². The van der Waals surface area contributed by atoms with E-state index in [1.807, 2.05) is 17.1 Å². The molecule has 0 aromatic carbocycles. The predicted molar refractivity (Wildman–Crippen MR) is 121 cm³/mol. The second-order valence-corrected chi connectivity index (χ2v) is 4.52. The van der Waals surface area contributed by atoms with Crippen LogP contribution in [0.3, 0.4) is 0 Å². The van der Waals surface area contributed by atoms with Gasteiger partial charge in [-0.05, 0) is 24.4 Å². The van der Waals surface area contributed by atoms with Gasteiger partial charge in [-0.1, -0.05) is 30.9 Å². The van der Waals surface area contributed by atoms with Gasteiger partial charge in [0.05, 0.1) is 11.9 Å². The summed E-state index contributed by atoms with van der Waals surface area (Å²) >= 11 is 3.64. The van der Waals surface area contributed by atoms with E-state index >= 15 is 0 Å². The summed E-state index contributed by atoms with van der Waals surface area (Å²) in [4.78, 5) is 11.4. The second kappa shape index (κ2) is 32.3. The van der Waals surface area contributed by atoms with Crippen LogP contribution < -0.4 is 11.1 Å². The van der Waals surface area contributed by atoms with E-state index in [2.05, 4.69) is 55.8 Å². The lowest BCUT2D eigenvalue weighted by Gasteiger charge is -2.14. The van der Waals surface area contributed by atoms with Crippen LogP contribution in [-0.2, 0) is 4.79 Å². The minimum Gasteiger partial charge on any atom is -0.370 e. The van der Waals surface area contributed by atoms with Gasteiger partial charge in [0.15, 0.2) is 0 Å². The van der Waals surface area contributed by atoms with Gasteiger partial charge >= 0.3 is 0 Å². The molecule has 0 aromatic heterocycles. The van der Waals surface area contributed by atoms with E-state index in [1.165, 1.54) is 6.08 Å². The molecule has 0 aliphatic heterocycles. The number of nitrogens with zero attached hydrogens (tertiary/aromatic N) is 3. The van der Waals surface area contributed by atoms with E-state index in [-0.39, 0.29) is 5.57 Å². The van der Waals surface area contributed by atoms with Crippen molar-refractivity contribution < 1.29 is 9.45 Å². The lowest BCUT2D eigenvalue weighted by Crippen LogP contribution is -2.16. The Labute approximate surface area is 179 Å². The van der Waals surface area contributed by atoms with Crippen LogP contribution in [0.15, 0.2) is 87.2 Å². The van der Waals surface area contributed by atoms with Crippen LogP contribution in [0.25, 0.3) is 0 Å². The number of hydrogen-bond acceptors (Lipinski definition) is 6. The normalized spacial score (nSPS) is 7.72. The summed E-state index contributed by atoms with van der Waals surface area (Å²) in [5.41, 5.74) is 4.62. The van der Waals surface area contributed by atoms with Gasteiger partial charge in [-0.25, -0.2) is 0 Å². The molecule has 0 aliphatic carbocycles. The van der Waals surface area contributed by atoms with Crippen molar-refractivity contribution in [3.05, 3.63) is 87.2 Å². The fraction of sp³-hybridized carbons (Fsp3) is 0.190. The van der Waals surface area contributed by atoms with Crippen LogP contribution >= 0.6 is 11.9 Å². The monoisotopic (exact) mass is 419 g/mol. The van der Waals surface area contributed by atoms with Crippen molar-refractivity contribution in [2.75, 3.05) is 26.2 Å². The summed E-state index contributed by atoms with van der Waals surface area (Å²) in [6.07, 6.45) is 13.2. The molecule has 0 aromatic rings. The summed E-state index contributed by atoms with van der Waals surface area (Å²) in [5.74, 6) is -0.481. The summed E-state index contributed by atoms with van der Waals surface area (Å²) < 4.78 is 6.47. The first-order valence-corrected chi connectivity index (χ1v) is 8.46. The highest BCUT2D eigenvalue weighted by Crippen LogP contribution is 1.94. The highest BCUT2D eigenvalue weighted by Gasteiger charge is 1.91. The van der Waals surface area contributed by atoms with Crippen LogP contribution in [0.1, 0.15) is 0 Å². The molecule has 0 aliphatic rings. The Bertz CT molecular complexity index is 580. The third-order valence-electron chi connectivity index (χ3n) is 2.31. The van der Waals surface area contributed by atoms with Crippen molar-refractivity contribution in [2.45, 2.75) is 0 Å². The molecule has 1 amide bonds. The third-order valence-corrected chi connectivity index (χ3v) is 2.31. The fourth-order valence-corrected chi connectivity index (χ4v) is 1.18. The van der Waals surface area contributed by atoms with Gasteiger partial charge < -0.3 is 16.0 Å². The van der Waals surface area contributed by atoms with Gasteiger partial charge in [-0.3, -0.25) is 9.45 Å². The molecule has 0 unspecified atom stereocenters. The SMILES string of the molecule is C=CC(N)=O.C=CCN(C=CC=C(C#N)C#N)CC=C.C=CCNCC=C.OCl. The van der Waals surface area contributed by atoms with Crippen LogP contribution in [0.5, 0.6) is 0 Å². The highest BCUT2D eigenvalue weighted by molar-refractivity contribution is 6.04. The number of hydrogen-bond donors (Lipinski definition) is 3. The van der Waals surface area contributed by atoms with E-state index in [1.54, 1.807) is 36.6 Å². The molecule has 0 atom stereocenters. The average Bonchev–Trinajstić information content (AvgIpc) is 2.74. The molecule has 0 heterocycles. The molecular formula is C21H30ClN5O2. The predicted octanol–water partition coefficient (Wildman–Crippen LogP) is 2.89. The summed E-state index contributed by atoms with van der Waals surface area (Å²) in [5, 5.41) is 20.0. The molecule has 29 heavy (non-hydrogen) atoms. The Morgan fingerprint density at radius 2 is 1.41 bits per heavy atom. The van der Waals surface area contributed by atoms with E-state index in [9.17, 15) is 4.79 Å². The first-order valence-electron chi connectivity index (χ1n) is 8.13. The highest BCUT2D eigenvalue weighted by atomic mass is 35.5. The number of carbonyl (C=O) groups is 1. The van der Waals surface area contributed by atoms with Crippen LogP contribution in [0.4, 0.5) is 0 Å². The van der Waals surface area contributed by atoms with Crippen molar-refractivity contribution in [1.82, 2.24) is 10.2 Å². The van der Waals surface area contributed by atoms with Crippen LogP contribution in [-0.4, -0.2) is 41.6 Å². The number of nitrogens with two attached hydrogens (primary N) is 1. The third kappa shape index (κ3) is 36.3. The number of halogens is 1. The molecule has 0 rings (SSSR count). The first-order chi connectivity index (χ1) is 14.0.